The first kappa shape index (κ1) is 5.04. The van der Waals surface area contributed by atoms with Crippen LogP contribution in [0.2, 0.25) is 0 Å². The van der Waals surface area contributed by atoms with Gasteiger partial charge in [0.1, 0.15) is 0 Å². The van der Waals surface area contributed by atoms with Gasteiger partial charge < -0.3 is 5.73 Å². The zero-order valence-corrected chi connectivity index (χ0v) is 5.00. The highest BCUT2D eigenvalue weighted by molar-refractivity contribution is 7.80. The summed E-state index contributed by atoms with van der Waals surface area (Å²) in [4.78, 5) is 0.714. The fourth-order valence-electron chi connectivity index (χ4n) is 0.693. The normalized spacial score (nSPS) is 21.1. The van der Waals surface area contributed by atoms with E-state index in [2.05, 4.69) is 0 Å². The molecule has 0 amide bonds. The maximum atomic E-state index is 5.33. The molecule has 2 N–H and O–H groups in total. The summed E-state index contributed by atoms with van der Waals surface area (Å²) >= 11 is 4.75. The summed E-state index contributed by atoms with van der Waals surface area (Å²) in [5, 5.41) is 0. The van der Waals surface area contributed by atoms with E-state index in [0.29, 0.717) is 10.9 Å². The van der Waals surface area contributed by atoms with Gasteiger partial charge in [0.25, 0.3) is 0 Å². The molecule has 0 bridgehead atoms. The van der Waals surface area contributed by atoms with Crippen LogP contribution in [0, 0.1) is 5.92 Å². The van der Waals surface area contributed by atoms with E-state index in [0.717, 1.165) is 0 Å². The molecule has 1 aliphatic rings. The van der Waals surface area contributed by atoms with Gasteiger partial charge in [0.05, 0.1) is 4.99 Å². The molecular formula is C5H9NS. The number of nitrogens with two attached hydrogens (primary N) is 1. The summed E-state index contributed by atoms with van der Waals surface area (Å²) in [7, 11) is 0. The van der Waals surface area contributed by atoms with Crippen LogP contribution in [0.25, 0.3) is 0 Å². The first-order valence-electron chi connectivity index (χ1n) is 2.60. The highest BCUT2D eigenvalue weighted by Crippen LogP contribution is 2.25. The molecule has 0 heterocycles. The largest absolute Gasteiger partial charge is 0.393 e. The van der Waals surface area contributed by atoms with E-state index >= 15 is 0 Å². The zero-order valence-electron chi connectivity index (χ0n) is 4.18. The van der Waals surface area contributed by atoms with Crippen LogP contribution in [0.15, 0.2) is 0 Å². The lowest BCUT2D eigenvalue weighted by molar-refractivity contribution is 0.415. The Bertz CT molecular complexity index is 86.1. The van der Waals surface area contributed by atoms with Crippen molar-refractivity contribution in [3.63, 3.8) is 0 Å². The van der Waals surface area contributed by atoms with Crippen molar-refractivity contribution in [2.45, 2.75) is 19.3 Å². The Morgan fingerprint density at radius 2 is 2.14 bits per heavy atom. The molecule has 0 unspecified atom stereocenters. The molecule has 1 rings (SSSR count). The van der Waals surface area contributed by atoms with Crippen LogP contribution < -0.4 is 5.73 Å². The van der Waals surface area contributed by atoms with Gasteiger partial charge in [0.15, 0.2) is 0 Å². The molecule has 0 radical (unpaired) electrons. The number of hydrogen-bond acceptors (Lipinski definition) is 1. The lowest BCUT2D eigenvalue weighted by atomic mass is 9.86. The van der Waals surface area contributed by atoms with Gasteiger partial charge in [-0.15, -0.1) is 0 Å². The average molecular weight is 115 g/mol. The van der Waals surface area contributed by atoms with Gasteiger partial charge in [-0.3, -0.25) is 0 Å². The SMILES string of the molecule is NC(=S)C1CCC1. The number of rotatable bonds is 1. The van der Waals surface area contributed by atoms with E-state index in [1.165, 1.54) is 19.3 Å². The van der Waals surface area contributed by atoms with Crippen LogP contribution in [-0.4, -0.2) is 4.99 Å². The van der Waals surface area contributed by atoms with Crippen LogP contribution in [0.5, 0.6) is 0 Å². The average Bonchev–Trinajstić information content (AvgIpc) is 1.23. The van der Waals surface area contributed by atoms with Crippen molar-refractivity contribution in [3.8, 4) is 0 Å². The molecule has 0 saturated heterocycles. The lowest BCUT2D eigenvalue weighted by Crippen LogP contribution is -2.26. The molecule has 2 heteroatoms. The van der Waals surface area contributed by atoms with E-state index in [9.17, 15) is 0 Å². The first-order chi connectivity index (χ1) is 3.30. The Morgan fingerprint density at radius 3 is 2.14 bits per heavy atom. The van der Waals surface area contributed by atoms with Gasteiger partial charge in [0.2, 0.25) is 0 Å². The molecule has 0 aromatic heterocycles. The highest BCUT2D eigenvalue weighted by Gasteiger charge is 2.18. The third kappa shape index (κ3) is 0.911. The van der Waals surface area contributed by atoms with Gasteiger partial charge >= 0.3 is 0 Å². The van der Waals surface area contributed by atoms with E-state index in [-0.39, 0.29) is 0 Å². The molecule has 0 aromatic rings. The topological polar surface area (TPSA) is 26.0 Å². The maximum Gasteiger partial charge on any atom is 0.0758 e. The second-order valence-electron chi connectivity index (χ2n) is 2.03. The molecular weight excluding hydrogens is 106 g/mol. The molecule has 0 spiro atoms. The Morgan fingerprint density at radius 1 is 1.57 bits per heavy atom. The second-order valence-corrected chi connectivity index (χ2v) is 2.50. The molecule has 1 fully saturated rings. The Labute approximate surface area is 48.9 Å². The van der Waals surface area contributed by atoms with E-state index < -0.39 is 0 Å². The van der Waals surface area contributed by atoms with E-state index in [1.807, 2.05) is 0 Å². The van der Waals surface area contributed by atoms with Crippen molar-refractivity contribution in [2.24, 2.45) is 11.7 Å². The summed E-state index contributed by atoms with van der Waals surface area (Å²) in [6.45, 7) is 0. The van der Waals surface area contributed by atoms with Crippen LogP contribution in [0.3, 0.4) is 0 Å². The quantitative estimate of drug-likeness (QED) is 0.517. The monoisotopic (exact) mass is 115 g/mol. The third-order valence-electron chi connectivity index (χ3n) is 1.51. The van der Waals surface area contributed by atoms with E-state index in [4.69, 9.17) is 18.0 Å². The predicted molar refractivity (Wildman–Crippen MR) is 34.1 cm³/mol. The standard InChI is InChI=1S/C5H9NS/c6-5(7)4-2-1-3-4/h4H,1-3H2,(H2,6,7). The molecule has 1 aliphatic carbocycles. The minimum Gasteiger partial charge on any atom is -0.393 e. The van der Waals surface area contributed by atoms with Crippen molar-refractivity contribution in [1.29, 1.82) is 0 Å². The number of thiocarbonyl (C=S) groups is 1. The summed E-state index contributed by atoms with van der Waals surface area (Å²) in [5.41, 5.74) is 5.33. The molecule has 40 valence electrons. The van der Waals surface area contributed by atoms with Crippen molar-refractivity contribution in [3.05, 3.63) is 0 Å². The minimum atomic E-state index is 0.593. The maximum absolute atomic E-state index is 5.33. The minimum absolute atomic E-state index is 0.593. The van der Waals surface area contributed by atoms with Gasteiger partial charge in [-0.05, 0) is 12.8 Å². The predicted octanol–water partition coefficient (Wildman–Crippen LogP) is 1.07. The van der Waals surface area contributed by atoms with Crippen molar-refractivity contribution < 1.29 is 0 Å². The number of hydrogen-bond donors (Lipinski definition) is 1. The van der Waals surface area contributed by atoms with Crippen LogP contribution in [0.4, 0.5) is 0 Å². The first-order valence-corrected chi connectivity index (χ1v) is 3.01. The molecule has 0 atom stereocenters. The van der Waals surface area contributed by atoms with Gasteiger partial charge in [-0.1, -0.05) is 18.6 Å². The van der Waals surface area contributed by atoms with Crippen molar-refractivity contribution >= 4 is 17.2 Å². The fourth-order valence-corrected chi connectivity index (χ4v) is 0.928. The Balaban J connectivity index is 2.27. The highest BCUT2D eigenvalue weighted by atomic mass is 32.1. The Hall–Kier alpha value is -0.110. The molecule has 7 heavy (non-hydrogen) atoms. The molecule has 1 nitrogen and oxygen atoms in total. The summed E-state index contributed by atoms with van der Waals surface area (Å²) in [6, 6.07) is 0. The summed E-state index contributed by atoms with van der Waals surface area (Å²) in [6.07, 6.45) is 3.78. The molecule has 0 aliphatic heterocycles. The van der Waals surface area contributed by atoms with Crippen molar-refractivity contribution in [1.82, 2.24) is 0 Å². The Kier molecular flexibility index (Phi) is 1.28. The summed E-state index contributed by atoms with van der Waals surface area (Å²) in [5.74, 6) is 0.593. The van der Waals surface area contributed by atoms with Gasteiger partial charge in [-0.2, -0.15) is 0 Å². The van der Waals surface area contributed by atoms with Gasteiger partial charge in [-0.25, -0.2) is 0 Å². The van der Waals surface area contributed by atoms with Crippen molar-refractivity contribution in [2.75, 3.05) is 0 Å². The third-order valence-corrected chi connectivity index (χ3v) is 1.84. The van der Waals surface area contributed by atoms with Crippen LogP contribution in [0.1, 0.15) is 19.3 Å². The molecule has 0 aromatic carbocycles. The lowest BCUT2D eigenvalue weighted by Gasteiger charge is -2.23. The smallest absolute Gasteiger partial charge is 0.0758 e. The summed E-state index contributed by atoms with van der Waals surface area (Å²) < 4.78 is 0. The fraction of sp³-hybridized carbons (Fsp3) is 0.800. The van der Waals surface area contributed by atoms with Crippen LogP contribution >= 0.6 is 12.2 Å². The van der Waals surface area contributed by atoms with Crippen LogP contribution in [-0.2, 0) is 0 Å². The zero-order chi connectivity index (χ0) is 5.28. The van der Waals surface area contributed by atoms with Gasteiger partial charge in [0, 0.05) is 5.92 Å². The second kappa shape index (κ2) is 1.78. The van der Waals surface area contributed by atoms with E-state index in [1.54, 1.807) is 0 Å². The molecule has 1 saturated carbocycles.